The molecule has 0 aliphatic heterocycles. The zero-order valence-electron chi connectivity index (χ0n) is 6.91. The first-order valence-corrected chi connectivity index (χ1v) is 3.60. The minimum absolute atomic E-state index is 0.0991. The fourth-order valence-corrected chi connectivity index (χ4v) is 0.741. The van der Waals surface area contributed by atoms with Gasteiger partial charge in [0.25, 0.3) is 0 Å². The normalized spacial score (nSPS) is 14.9. The van der Waals surface area contributed by atoms with Crippen LogP contribution in [0.4, 0.5) is 0 Å². The molecule has 75 valence electrons. The van der Waals surface area contributed by atoms with Gasteiger partial charge >= 0.3 is 11.9 Å². The highest BCUT2D eigenvalue weighted by atomic mass is 16.4. The molecule has 0 spiro atoms. The summed E-state index contributed by atoms with van der Waals surface area (Å²) in [6.45, 7) is 0. The average Bonchev–Trinajstić information content (AvgIpc) is 2.03. The first kappa shape index (κ1) is 11.8. The predicted octanol–water partition coefficient (Wildman–Crippen LogP) is -1.23. The lowest BCUT2D eigenvalue weighted by Gasteiger charge is -2.22. The number of nitrogens with two attached hydrogens (primary N) is 1. The summed E-state index contributed by atoms with van der Waals surface area (Å²) in [5, 5.41) is 16.8. The van der Waals surface area contributed by atoms with Gasteiger partial charge < -0.3 is 15.9 Å². The van der Waals surface area contributed by atoms with Crippen LogP contribution in [0.15, 0.2) is 0 Å². The summed E-state index contributed by atoms with van der Waals surface area (Å²) in [4.78, 5) is 20.6. The van der Waals surface area contributed by atoms with Gasteiger partial charge in [-0.25, -0.2) is 10.2 Å². The highest BCUT2D eigenvalue weighted by molar-refractivity contribution is 5.77. The summed E-state index contributed by atoms with van der Waals surface area (Å²) < 4.78 is 0. The van der Waals surface area contributed by atoms with Gasteiger partial charge in [-0.15, -0.1) is 0 Å². The average molecular weight is 190 g/mol. The predicted molar refractivity (Wildman–Crippen MR) is 42.3 cm³/mol. The van der Waals surface area contributed by atoms with Gasteiger partial charge in [0.2, 0.25) is 0 Å². The van der Waals surface area contributed by atoms with Crippen LogP contribution in [0.25, 0.3) is 0 Å². The summed E-state index contributed by atoms with van der Waals surface area (Å²) in [5.41, 5.74) is 5.07. The lowest BCUT2D eigenvalue weighted by Crippen LogP contribution is -2.59. The largest absolute Gasteiger partial charge is 0.481 e. The molecule has 7 heteroatoms. The summed E-state index contributed by atoms with van der Waals surface area (Å²) in [7, 11) is 0. The van der Waals surface area contributed by atoms with Crippen LogP contribution in [-0.2, 0) is 9.59 Å². The molecule has 13 heavy (non-hydrogen) atoms. The van der Waals surface area contributed by atoms with Gasteiger partial charge in [0.1, 0.15) is 0 Å². The van der Waals surface area contributed by atoms with E-state index in [-0.39, 0.29) is 19.3 Å². The number of rotatable bonds is 6. The van der Waals surface area contributed by atoms with Gasteiger partial charge in [0.15, 0.2) is 5.66 Å². The molecule has 7 nitrogen and oxygen atoms in total. The lowest BCUT2D eigenvalue weighted by molar-refractivity contribution is -0.146. The van der Waals surface area contributed by atoms with E-state index in [1.54, 1.807) is 5.43 Å². The van der Waals surface area contributed by atoms with Gasteiger partial charge in [0.05, 0.1) is 0 Å². The van der Waals surface area contributed by atoms with Crippen molar-refractivity contribution in [1.29, 1.82) is 0 Å². The number of aliphatic carboxylic acids is 2. The van der Waals surface area contributed by atoms with E-state index in [9.17, 15) is 9.59 Å². The van der Waals surface area contributed by atoms with Crippen molar-refractivity contribution in [2.24, 2.45) is 5.73 Å². The second kappa shape index (κ2) is 4.75. The van der Waals surface area contributed by atoms with Crippen LogP contribution in [0.1, 0.15) is 19.3 Å². The van der Waals surface area contributed by atoms with Crippen molar-refractivity contribution in [2.45, 2.75) is 24.9 Å². The van der Waals surface area contributed by atoms with E-state index in [0.29, 0.717) is 0 Å². The zero-order valence-corrected chi connectivity index (χ0v) is 6.91. The molecule has 0 amide bonds. The van der Waals surface area contributed by atoms with Gasteiger partial charge in [0, 0.05) is 6.42 Å². The Morgan fingerprint density at radius 1 is 1.46 bits per heavy atom. The molecule has 0 aromatic rings. The minimum Gasteiger partial charge on any atom is -0.481 e. The number of hydrogen-bond acceptors (Lipinski definition) is 4. The van der Waals surface area contributed by atoms with Gasteiger partial charge in [-0.1, -0.05) is 0 Å². The highest BCUT2D eigenvalue weighted by Crippen LogP contribution is 2.07. The maximum Gasteiger partial charge on any atom is 0.340 e. The van der Waals surface area contributed by atoms with E-state index in [1.165, 1.54) is 0 Å². The van der Waals surface area contributed by atoms with E-state index in [2.05, 4.69) is 0 Å². The third-order valence-corrected chi connectivity index (χ3v) is 1.57. The Balaban J connectivity index is 3.98. The first-order valence-electron chi connectivity index (χ1n) is 3.60. The second-order valence-electron chi connectivity index (χ2n) is 2.65. The van der Waals surface area contributed by atoms with Crippen molar-refractivity contribution >= 4 is 11.9 Å². The first-order chi connectivity index (χ1) is 5.92. The molecular weight excluding hydrogens is 178 g/mol. The molecule has 0 aliphatic rings. The number of carboxylic acids is 2. The molecule has 6 N–H and O–H groups in total. The van der Waals surface area contributed by atoms with Crippen LogP contribution in [0.5, 0.6) is 0 Å². The second-order valence-corrected chi connectivity index (χ2v) is 2.65. The Morgan fingerprint density at radius 2 is 2.00 bits per heavy atom. The van der Waals surface area contributed by atoms with Crippen molar-refractivity contribution in [2.75, 3.05) is 0 Å². The summed E-state index contributed by atoms with van der Waals surface area (Å²) in [6.07, 6.45) is -0.143. The highest BCUT2D eigenvalue weighted by Gasteiger charge is 2.32. The van der Waals surface area contributed by atoms with Crippen LogP contribution < -0.4 is 17.0 Å². The van der Waals surface area contributed by atoms with Gasteiger partial charge in [-0.2, -0.15) is 5.84 Å². The molecule has 0 aromatic carbocycles. The zero-order chi connectivity index (χ0) is 10.5. The molecule has 0 saturated carbocycles. The molecule has 0 heterocycles. The molecule has 1 unspecified atom stereocenters. The molecule has 0 fully saturated rings. The standard InChI is InChI=1S/C6H12N3O4/c7-6(9-8,5(12)13)3-1-2-4(10)11/h8-9H,1-3,7H2,(H,10,11)(H,12,13). The molecule has 1 atom stereocenters. The molecule has 0 aliphatic carbocycles. The molecule has 0 saturated heterocycles. The van der Waals surface area contributed by atoms with Gasteiger partial charge in [-0.05, 0) is 12.8 Å². The quantitative estimate of drug-likeness (QED) is 0.305. The smallest absolute Gasteiger partial charge is 0.340 e. The summed E-state index contributed by atoms with van der Waals surface area (Å²) in [5.74, 6) is 4.29. The Morgan fingerprint density at radius 3 is 2.31 bits per heavy atom. The van der Waals surface area contributed by atoms with Crippen molar-refractivity contribution in [3.63, 3.8) is 0 Å². The van der Waals surface area contributed by atoms with E-state index in [0.717, 1.165) is 0 Å². The van der Waals surface area contributed by atoms with Crippen LogP contribution in [0.3, 0.4) is 0 Å². The third-order valence-electron chi connectivity index (χ3n) is 1.57. The molecule has 1 radical (unpaired) electrons. The number of carbonyl (C=O) groups is 2. The SMILES string of the molecule is [NH]NC(N)(CCCC(=O)O)C(=O)O. The molecule has 0 bridgehead atoms. The molecular formula is C6H12N3O4. The van der Waals surface area contributed by atoms with Crippen molar-refractivity contribution in [3.05, 3.63) is 0 Å². The van der Waals surface area contributed by atoms with E-state index in [4.69, 9.17) is 21.8 Å². The van der Waals surface area contributed by atoms with E-state index in [1.807, 2.05) is 0 Å². The fraction of sp³-hybridized carbons (Fsp3) is 0.667. The maximum absolute atomic E-state index is 10.5. The minimum atomic E-state index is -1.85. The summed E-state index contributed by atoms with van der Waals surface area (Å²) in [6, 6.07) is 0. The Labute approximate surface area is 74.7 Å². The molecule has 0 aromatic heterocycles. The number of nitrogens with one attached hydrogen (secondary N) is 2. The Kier molecular flexibility index (Phi) is 4.32. The van der Waals surface area contributed by atoms with Crippen LogP contribution in [0, 0.1) is 0 Å². The number of hydrogen-bond donors (Lipinski definition) is 4. The molecule has 0 rings (SSSR count). The van der Waals surface area contributed by atoms with Crippen molar-refractivity contribution < 1.29 is 19.8 Å². The van der Waals surface area contributed by atoms with Crippen LogP contribution in [-0.4, -0.2) is 27.8 Å². The monoisotopic (exact) mass is 190 g/mol. The summed E-state index contributed by atoms with van der Waals surface area (Å²) >= 11 is 0. The lowest BCUT2D eigenvalue weighted by atomic mass is 10.0. The fourth-order valence-electron chi connectivity index (χ4n) is 0.741. The van der Waals surface area contributed by atoms with Crippen molar-refractivity contribution in [1.82, 2.24) is 11.3 Å². The van der Waals surface area contributed by atoms with Crippen molar-refractivity contribution in [3.8, 4) is 0 Å². The third kappa shape index (κ3) is 3.83. The van der Waals surface area contributed by atoms with Gasteiger partial charge in [-0.3, -0.25) is 4.79 Å². The van der Waals surface area contributed by atoms with E-state index < -0.39 is 17.6 Å². The number of carboxylic acid groups (broad SMARTS) is 2. The maximum atomic E-state index is 10.5. The topological polar surface area (TPSA) is 136 Å². The Hall–Kier alpha value is -1.18. The van der Waals surface area contributed by atoms with E-state index >= 15 is 0 Å². The van der Waals surface area contributed by atoms with Crippen LogP contribution >= 0.6 is 0 Å². The van der Waals surface area contributed by atoms with Crippen LogP contribution in [0.2, 0.25) is 0 Å². The Bertz CT molecular complexity index is 208.